The number of nitrogens with one attached hydrogen (secondary N) is 1. The molecule has 0 saturated carbocycles. The average Bonchev–Trinajstić information content (AvgIpc) is 2.61. The van der Waals surface area contributed by atoms with E-state index in [4.69, 9.17) is 15.2 Å². The van der Waals surface area contributed by atoms with Crippen molar-refractivity contribution in [1.29, 1.82) is 0 Å². The number of nitrogens with two attached hydrogens (primary N) is 1. The highest BCUT2D eigenvalue weighted by molar-refractivity contribution is 5.97. The Morgan fingerprint density at radius 1 is 1.19 bits per heavy atom. The van der Waals surface area contributed by atoms with E-state index in [1.807, 2.05) is 0 Å². The number of nitrogens with zero attached hydrogens (tertiary/aromatic N) is 1. The molecule has 1 atom stereocenters. The number of hydrogen-bond donors (Lipinski definition) is 2. The summed E-state index contributed by atoms with van der Waals surface area (Å²) < 4.78 is 10.6. The molecule has 0 fully saturated rings. The van der Waals surface area contributed by atoms with Crippen molar-refractivity contribution in [3.05, 3.63) is 58.1 Å². The number of amides is 2. The normalized spacial score (nSPS) is 11.3. The summed E-state index contributed by atoms with van der Waals surface area (Å²) in [6.07, 6.45) is -0.963. The predicted octanol–water partition coefficient (Wildman–Crippen LogP) is 2.11. The lowest BCUT2D eigenvalue weighted by Crippen LogP contribution is -2.31. The molecule has 0 spiro atoms. The molecule has 0 aromatic heterocycles. The van der Waals surface area contributed by atoms with Gasteiger partial charge in [-0.1, -0.05) is 0 Å². The van der Waals surface area contributed by atoms with Gasteiger partial charge in [0.25, 0.3) is 17.5 Å². The molecule has 3 N–H and O–H groups in total. The van der Waals surface area contributed by atoms with Crippen LogP contribution >= 0.6 is 0 Å². The molecule has 9 nitrogen and oxygen atoms in total. The molecule has 0 radical (unpaired) electrons. The van der Waals surface area contributed by atoms with Gasteiger partial charge < -0.3 is 20.5 Å². The minimum atomic E-state index is -0.963. The van der Waals surface area contributed by atoms with E-state index in [1.54, 1.807) is 6.07 Å². The summed E-state index contributed by atoms with van der Waals surface area (Å²) in [7, 11) is 1.45. The van der Waals surface area contributed by atoms with Crippen LogP contribution in [0.2, 0.25) is 0 Å². The third-order valence-electron chi connectivity index (χ3n) is 3.47. The zero-order chi connectivity index (χ0) is 19.3. The van der Waals surface area contributed by atoms with Crippen LogP contribution in [0.15, 0.2) is 42.5 Å². The van der Waals surface area contributed by atoms with Gasteiger partial charge in [-0.05, 0) is 31.2 Å². The number of nitro groups is 1. The van der Waals surface area contributed by atoms with Crippen molar-refractivity contribution in [3.63, 3.8) is 0 Å². The second kappa shape index (κ2) is 7.97. The number of non-ortho nitro benzene ring substituents is 1. The first kappa shape index (κ1) is 18.7. The third-order valence-corrected chi connectivity index (χ3v) is 3.47. The van der Waals surface area contributed by atoms with Crippen molar-refractivity contribution in [2.24, 2.45) is 5.73 Å². The molecule has 0 saturated heterocycles. The van der Waals surface area contributed by atoms with Crippen LogP contribution in [0.3, 0.4) is 0 Å². The highest BCUT2D eigenvalue weighted by Crippen LogP contribution is 2.26. The molecular formula is C17H17N3O6. The predicted molar refractivity (Wildman–Crippen MR) is 93.3 cm³/mol. The first-order chi connectivity index (χ1) is 12.3. The van der Waals surface area contributed by atoms with Crippen molar-refractivity contribution in [3.8, 4) is 11.5 Å². The Balaban J connectivity index is 2.11. The Morgan fingerprint density at radius 2 is 1.85 bits per heavy atom. The van der Waals surface area contributed by atoms with Gasteiger partial charge in [-0.2, -0.15) is 0 Å². The summed E-state index contributed by atoms with van der Waals surface area (Å²) in [4.78, 5) is 33.8. The molecule has 9 heteroatoms. The monoisotopic (exact) mass is 359 g/mol. The number of nitro benzene ring substituents is 1. The summed E-state index contributed by atoms with van der Waals surface area (Å²) in [5, 5.41) is 13.2. The highest BCUT2D eigenvalue weighted by atomic mass is 16.6. The molecule has 0 unspecified atom stereocenters. The number of anilines is 1. The van der Waals surface area contributed by atoms with Crippen LogP contribution in [0, 0.1) is 10.1 Å². The standard InChI is InChI=1S/C17H17N3O6/c1-10(17(22)19-11-3-5-12(6-4-11)20(23)24)26-15-9-13(25-2)7-8-14(15)16(18)21/h3-10H,1-2H3,(H2,18,21)(H,19,22)/t10-/m0/s1. The minimum Gasteiger partial charge on any atom is -0.497 e. The number of ether oxygens (including phenoxy) is 2. The Morgan fingerprint density at radius 3 is 2.38 bits per heavy atom. The van der Waals surface area contributed by atoms with Crippen LogP contribution in [-0.2, 0) is 4.79 Å². The van der Waals surface area contributed by atoms with Gasteiger partial charge in [-0.25, -0.2) is 0 Å². The van der Waals surface area contributed by atoms with Crippen molar-refractivity contribution in [1.82, 2.24) is 0 Å². The Hall–Kier alpha value is -3.62. The van der Waals surface area contributed by atoms with Crippen molar-refractivity contribution in [2.45, 2.75) is 13.0 Å². The van der Waals surface area contributed by atoms with Gasteiger partial charge in [0, 0.05) is 23.9 Å². The van der Waals surface area contributed by atoms with Gasteiger partial charge in [0.05, 0.1) is 17.6 Å². The molecule has 0 aliphatic heterocycles. The summed E-state index contributed by atoms with van der Waals surface area (Å²) in [6, 6.07) is 9.80. The fourth-order valence-corrected chi connectivity index (χ4v) is 2.09. The quantitative estimate of drug-likeness (QED) is 0.574. The molecule has 0 bridgehead atoms. The van der Waals surface area contributed by atoms with Crippen LogP contribution < -0.4 is 20.5 Å². The third kappa shape index (κ3) is 4.47. The van der Waals surface area contributed by atoms with E-state index in [2.05, 4.69) is 5.32 Å². The number of carbonyl (C=O) groups is 2. The van der Waals surface area contributed by atoms with Crippen molar-refractivity contribution < 1.29 is 24.0 Å². The Kier molecular flexibility index (Phi) is 5.74. The fraction of sp³-hybridized carbons (Fsp3) is 0.176. The van der Waals surface area contributed by atoms with E-state index in [0.717, 1.165) is 0 Å². The maximum Gasteiger partial charge on any atom is 0.269 e. The van der Waals surface area contributed by atoms with E-state index in [9.17, 15) is 19.7 Å². The van der Waals surface area contributed by atoms with Crippen LogP contribution in [0.5, 0.6) is 11.5 Å². The summed E-state index contributed by atoms with van der Waals surface area (Å²) in [5.74, 6) is -0.654. The SMILES string of the molecule is COc1ccc(C(N)=O)c(O[C@@H](C)C(=O)Nc2ccc([N+](=O)[O-])cc2)c1. The minimum absolute atomic E-state index is 0.0882. The van der Waals surface area contributed by atoms with Crippen LogP contribution in [0.1, 0.15) is 17.3 Å². The molecule has 2 aromatic carbocycles. The van der Waals surface area contributed by atoms with Crippen molar-refractivity contribution >= 4 is 23.2 Å². The second-order valence-corrected chi connectivity index (χ2v) is 5.28. The highest BCUT2D eigenvalue weighted by Gasteiger charge is 2.19. The van der Waals surface area contributed by atoms with E-state index < -0.39 is 22.8 Å². The van der Waals surface area contributed by atoms with E-state index >= 15 is 0 Å². The number of primary amides is 1. The van der Waals surface area contributed by atoms with Gasteiger partial charge in [-0.15, -0.1) is 0 Å². The number of carbonyl (C=O) groups excluding carboxylic acids is 2. The maximum atomic E-state index is 12.3. The zero-order valence-corrected chi connectivity index (χ0v) is 14.1. The molecular weight excluding hydrogens is 342 g/mol. The topological polar surface area (TPSA) is 134 Å². The summed E-state index contributed by atoms with van der Waals surface area (Å²) >= 11 is 0. The number of hydrogen-bond acceptors (Lipinski definition) is 6. The van der Waals surface area contributed by atoms with Crippen LogP contribution in [0.25, 0.3) is 0 Å². The number of benzene rings is 2. The van der Waals surface area contributed by atoms with Crippen LogP contribution in [-0.4, -0.2) is 30.0 Å². The van der Waals surface area contributed by atoms with Crippen LogP contribution in [0.4, 0.5) is 11.4 Å². The Bertz CT molecular complexity index is 835. The largest absolute Gasteiger partial charge is 0.497 e. The first-order valence-corrected chi connectivity index (χ1v) is 7.51. The van der Waals surface area contributed by atoms with Gasteiger partial charge in [0.1, 0.15) is 11.5 Å². The lowest BCUT2D eigenvalue weighted by Gasteiger charge is -2.17. The van der Waals surface area contributed by atoms with E-state index in [1.165, 1.54) is 50.4 Å². The zero-order valence-electron chi connectivity index (χ0n) is 14.1. The summed E-state index contributed by atoms with van der Waals surface area (Å²) in [6.45, 7) is 1.49. The lowest BCUT2D eigenvalue weighted by atomic mass is 10.1. The summed E-state index contributed by atoms with van der Waals surface area (Å²) in [5.41, 5.74) is 5.70. The van der Waals surface area contributed by atoms with Crippen molar-refractivity contribution in [2.75, 3.05) is 12.4 Å². The van der Waals surface area contributed by atoms with Gasteiger partial charge in [0.2, 0.25) is 0 Å². The average molecular weight is 359 g/mol. The Labute approximate surface area is 148 Å². The maximum absolute atomic E-state index is 12.3. The molecule has 0 aliphatic rings. The lowest BCUT2D eigenvalue weighted by molar-refractivity contribution is -0.384. The van der Waals surface area contributed by atoms with Gasteiger partial charge in [-0.3, -0.25) is 19.7 Å². The van der Waals surface area contributed by atoms with E-state index in [0.29, 0.717) is 11.4 Å². The fourth-order valence-electron chi connectivity index (χ4n) is 2.09. The van der Waals surface area contributed by atoms with Gasteiger partial charge in [0.15, 0.2) is 6.10 Å². The molecule has 0 aliphatic carbocycles. The van der Waals surface area contributed by atoms with E-state index in [-0.39, 0.29) is 17.0 Å². The molecule has 0 heterocycles. The van der Waals surface area contributed by atoms with Gasteiger partial charge >= 0.3 is 0 Å². The molecule has 2 aromatic rings. The molecule has 26 heavy (non-hydrogen) atoms. The second-order valence-electron chi connectivity index (χ2n) is 5.28. The number of methoxy groups -OCH3 is 1. The molecule has 136 valence electrons. The number of rotatable bonds is 7. The first-order valence-electron chi connectivity index (χ1n) is 7.51. The molecule has 2 rings (SSSR count). The smallest absolute Gasteiger partial charge is 0.269 e. The molecule has 2 amide bonds.